The summed E-state index contributed by atoms with van der Waals surface area (Å²) in [5.74, 6) is 1.12. The molecule has 4 rings (SSSR count). The maximum atomic E-state index is 13.3. The largest absolute Gasteiger partial charge is 0.335 e. The second-order valence-corrected chi connectivity index (χ2v) is 8.70. The molecule has 21 heavy (non-hydrogen) atoms. The van der Waals surface area contributed by atoms with Gasteiger partial charge in [-0.15, -0.1) is 13.2 Å². The van der Waals surface area contributed by atoms with Gasteiger partial charge in [-0.1, -0.05) is 26.0 Å². The average Bonchev–Trinajstić information content (AvgIpc) is 2.33. The van der Waals surface area contributed by atoms with E-state index in [1.807, 2.05) is 17.1 Å². The molecular weight excluding hydrogens is 258 g/mol. The first-order valence-electron chi connectivity index (χ1n) is 8.35. The van der Waals surface area contributed by atoms with Crippen molar-refractivity contribution in [1.82, 2.24) is 4.90 Å². The molecule has 0 spiro atoms. The first-order chi connectivity index (χ1) is 9.84. The van der Waals surface area contributed by atoms with Gasteiger partial charge in [-0.25, -0.2) is 0 Å². The minimum atomic E-state index is -0.102. The molecule has 0 unspecified atom stereocenters. The van der Waals surface area contributed by atoms with Crippen molar-refractivity contribution in [3.63, 3.8) is 0 Å². The van der Waals surface area contributed by atoms with Crippen molar-refractivity contribution in [2.45, 2.75) is 52.4 Å². The number of carbonyl (C=O) groups is 1. The van der Waals surface area contributed by atoms with Crippen LogP contribution in [0.1, 0.15) is 52.4 Å². The van der Waals surface area contributed by atoms with Crippen LogP contribution >= 0.6 is 0 Å². The Morgan fingerprint density at radius 3 is 2.00 bits per heavy atom. The lowest BCUT2D eigenvalue weighted by Gasteiger charge is -2.65. The second kappa shape index (κ2) is 4.72. The maximum Gasteiger partial charge on any atom is 0.229 e. The minimum Gasteiger partial charge on any atom is -0.335 e. The Morgan fingerprint density at radius 1 is 1.05 bits per heavy atom. The zero-order valence-electron chi connectivity index (χ0n) is 13.7. The second-order valence-electron chi connectivity index (χ2n) is 8.70. The molecule has 1 amide bonds. The van der Waals surface area contributed by atoms with Crippen LogP contribution in [0.15, 0.2) is 25.3 Å². The molecule has 0 aromatic carbocycles. The van der Waals surface area contributed by atoms with Crippen LogP contribution in [-0.2, 0) is 4.79 Å². The molecular formula is C19H29NO. The average molecular weight is 287 g/mol. The summed E-state index contributed by atoms with van der Waals surface area (Å²) >= 11 is 0. The summed E-state index contributed by atoms with van der Waals surface area (Å²) in [6.07, 6.45) is 11.0. The molecule has 2 nitrogen and oxygen atoms in total. The smallest absolute Gasteiger partial charge is 0.229 e. The summed E-state index contributed by atoms with van der Waals surface area (Å²) in [5, 5.41) is 0. The van der Waals surface area contributed by atoms with Crippen molar-refractivity contribution in [2.24, 2.45) is 22.2 Å². The Labute approximate surface area is 129 Å². The summed E-state index contributed by atoms with van der Waals surface area (Å²) in [5.41, 5.74) is 0.671. The molecule has 0 aliphatic heterocycles. The highest BCUT2D eigenvalue weighted by molar-refractivity contribution is 5.84. The Kier molecular flexibility index (Phi) is 3.35. The maximum absolute atomic E-state index is 13.3. The van der Waals surface area contributed by atoms with E-state index in [-0.39, 0.29) is 5.41 Å². The fourth-order valence-corrected chi connectivity index (χ4v) is 6.57. The van der Waals surface area contributed by atoms with E-state index in [2.05, 4.69) is 27.0 Å². The quantitative estimate of drug-likeness (QED) is 0.695. The van der Waals surface area contributed by atoms with Gasteiger partial charge in [0.1, 0.15) is 0 Å². The van der Waals surface area contributed by atoms with Crippen molar-refractivity contribution >= 4 is 5.91 Å². The normalized spacial score (nSPS) is 43.6. The Hall–Kier alpha value is -1.05. The summed E-state index contributed by atoms with van der Waals surface area (Å²) in [4.78, 5) is 15.2. The Bertz CT molecular complexity index is 452. The van der Waals surface area contributed by atoms with Gasteiger partial charge in [0.2, 0.25) is 5.91 Å². The van der Waals surface area contributed by atoms with E-state index in [1.165, 1.54) is 19.3 Å². The molecule has 116 valence electrons. The third kappa shape index (κ3) is 2.37. The lowest BCUT2D eigenvalue weighted by molar-refractivity contribution is -0.178. The van der Waals surface area contributed by atoms with Crippen LogP contribution in [-0.4, -0.2) is 23.9 Å². The van der Waals surface area contributed by atoms with E-state index in [1.54, 1.807) is 0 Å². The van der Waals surface area contributed by atoms with E-state index in [0.717, 1.165) is 25.2 Å². The minimum absolute atomic E-state index is 0.102. The first kappa shape index (κ1) is 14.9. The molecule has 2 heteroatoms. The van der Waals surface area contributed by atoms with Crippen molar-refractivity contribution < 1.29 is 4.79 Å². The fourth-order valence-electron chi connectivity index (χ4n) is 6.57. The molecule has 0 aromatic rings. The number of amides is 1. The molecule has 4 bridgehead atoms. The van der Waals surface area contributed by atoms with Crippen molar-refractivity contribution in [3.05, 3.63) is 25.3 Å². The van der Waals surface area contributed by atoms with E-state index >= 15 is 0 Å². The zero-order valence-corrected chi connectivity index (χ0v) is 13.7. The van der Waals surface area contributed by atoms with Crippen molar-refractivity contribution in [1.29, 1.82) is 0 Å². The Balaban J connectivity index is 1.91. The van der Waals surface area contributed by atoms with Crippen molar-refractivity contribution in [2.75, 3.05) is 13.1 Å². The predicted molar refractivity (Wildman–Crippen MR) is 86.8 cm³/mol. The fraction of sp³-hybridized carbons (Fsp3) is 0.737. The SMILES string of the molecule is C=CCN(CC=C)C(=O)C12CC3C[C@@](C)(C1)C[C@@](C)(C3)C2. The van der Waals surface area contributed by atoms with Gasteiger partial charge in [-0.3, -0.25) is 4.79 Å². The zero-order chi connectivity index (χ0) is 15.3. The van der Waals surface area contributed by atoms with Crippen molar-refractivity contribution in [3.8, 4) is 0 Å². The monoisotopic (exact) mass is 287 g/mol. The van der Waals surface area contributed by atoms with Gasteiger partial charge in [0, 0.05) is 13.1 Å². The van der Waals surface area contributed by atoms with E-state index < -0.39 is 0 Å². The molecule has 0 saturated heterocycles. The van der Waals surface area contributed by atoms with Crippen LogP contribution in [0, 0.1) is 22.2 Å². The van der Waals surface area contributed by atoms with Gasteiger partial charge >= 0.3 is 0 Å². The number of rotatable bonds is 5. The van der Waals surface area contributed by atoms with E-state index in [4.69, 9.17) is 0 Å². The van der Waals surface area contributed by atoms with Gasteiger partial charge in [-0.05, 0) is 55.3 Å². The van der Waals surface area contributed by atoms with Gasteiger partial charge < -0.3 is 4.90 Å². The summed E-state index contributed by atoms with van der Waals surface area (Å²) < 4.78 is 0. The van der Waals surface area contributed by atoms with Crippen LogP contribution in [0.2, 0.25) is 0 Å². The number of nitrogens with zero attached hydrogens (tertiary/aromatic N) is 1. The van der Waals surface area contributed by atoms with Crippen LogP contribution in [0.4, 0.5) is 0 Å². The highest BCUT2D eigenvalue weighted by Crippen LogP contribution is 2.69. The molecule has 0 heterocycles. The third-order valence-electron chi connectivity index (χ3n) is 6.07. The van der Waals surface area contributed by atoms with Crippen LogP contribution in [0.25, 0.3) is 0 Å². The van der Waals surface area contributed by atoms with E-state index in [0.29, 0.717) is 29.8 Å². The molecule has 0 radical (unpaired) electrons. The lowest BCUT2D eigenvalue weighted by atomic mass is 9.40. The Morgan fingerprint density at radius 2 is 1.57 bits per heavy atom. The lowest BCUT2D eigenvalue weighted by Crippen LogP contribution is -2.60. The van der Waals surface area contributed by atoms with Crippen LogP contribution in [0.3, 0.4) is 0 Å². The number of hydrogen-bond acceptors (Lipinski definition) is 1. The number of carbonyl (C=O) groups excluding carboxylic acids is 1. The number of hydrogen-bond donors (Lipinski definition) is 0. The predicted octanol–water partition coefficient (Wildman–Crippen LogP) is 4.18. The topological polar surface area (TPSA) is 20.3 Å². The molecule has 2 atom stereocenters. The summed E-state index contributed by atoms with van der Waals surface area (Å²) in [6, 6.07) is 0. The summed E-state index contributed by atoms with van der Waals surface area (Å²) in [6.45, 7) is 13.7. The first-order valence-corrected chi connectivity index (χ1v) is 8.35. The highest BCUT2D eigenvalue weighted by atomic mass is 16.2. The van der Waals surface area contributed by atoms with Gasteiger partial charge in [0.05, 0.1) is 5.41 Å². The van der Waals surface area contributed by atoms with Gasteiger partial charge in [0.25, 0.3) is 0 Å². The molecule has 4 fully saturated rings. The van der Waals surface area contributed by atoms with Crippen LogP contribution < -0.4 is 0 Å². The molecule has 4 saturated carbocycles. The molecule has 0 aromatic heterocycles. The third-order valence-corrected chi connectivity index (χ3v) is 6.07. The molecule has 4 aliphatic rings. The molecule has 0 N–H and O–H groups in total. The molecule has 4 aliphatic carbocycles. The highest BCUT2D eigenvalue weighted by Gasteiger charge is 2.63. The van der Waals surface area contributed by atoms with Gasteiger partial charge in [-0.2, -0.15) is 0 Å². The standard InChI is InChI=1S/C19H29NO/c1-5-7-20(8-6-2)16(21)19-11-15-9-17(3,13-19)12-18(4,10-15)14-19/h5-6,15H,1-2,7-14H2,3-4H3/t15?,17-,18-,19?/m1/s1. The van der Waals surface area contributed by atoms with E-state index in [9.17, 15) is 4.79 Å². The summed E-state index contributed by atoms with van der Waals surface area (Å²) in [7, 11) is 0. The van der Waals surface area contributed by atoms with Gasteiger partial charge in [0.15, 0.2) is 0 Å². The van der Waals surface area contributed by atoms with Crippen LogP contribution in [0.5, 0.6) is 0 Å².